The Bertz CT molecular complexity index is 333. The van der Waals surface area contributed by atoms with Gasteiger partial charge >= 0.3 is 5.97 Å². The number of hydrogen-bond acceptors (Lipinski definition) is 3. The van der Waals surface area contributed by atoms with E-state index in [0.717, 1.165) is 25.7 Å². The molecule has 0 aromatic rings. The van der Waals surface area contributed by atoms with E-state index in [9.17, 15) is 9.90 Å². The number of esters is 1. The average molecular weight is 222 g/mol. The SMILES string of the molecule is C=CC(=O)OC12CC3CC(CC(O)(C3)C1)C2. The second-order valence-electron chi connectivity index (χ2n) is 5.99. The molecule has 2 atom stereocenters. The van der Waals surface area contributed by atoms with Crippen molar-refractivity contribution < 1.29 is 14.6 Å². The van der Waals surface area contributed by atoms with Crippen LogP contribution in [0.4, 0.5) is 0 Å². The zero-order valence-corrected chi connectivity index (χ0v) is 9.45. The van der Waals surface area contributed by atoms with Gasteiger partial charge in [-0.05, 0) is 43.9 Å². The van der Waals surface area contributed by atoms with Crippen molar-refractivity contribution in [2.45, 2.75) is 49.7 Å². The summed E-state index contributed by atoms with van der Waals surface area (Å²) in [6.07, 6.45) is 6.73. The molecule has 88 valence electrons. The maximum Gasteiger partial charge on any atom is 0.330 e. The molecule has 4 aliphatic rings. The summed E-state index contributed by atoms with van der Waals surface area (Å²) >= 11 is 0. The van der Waals surface area contributed by atoms with Crippen LogP contribution in [-0.4, -0.2) is 22.3 Å². The third-order valence-corrected chi connectivity index (χ3v) is 4.46. The molecule has 0 amide bonds. The fraction of sp³-hybridized carbons (Fsp3) is 0.769. The maximum absolute atomic E-state index is 11.4. The predicted molar refractivity (Wildman–Crippen MR) is 58.7 cm³/mol. The van der Waals surface area contributed by atoms with Crippen LogP contribution in [0.25, 0.3) is 0 Å². The molecule has 0 radical (unpaired) electrons. The molecule has 0 aromatic carbocycles. The second kappa shape index (κ2) is 3.10. The van der Waals surface area contributed by atoms with Gasteiger partial charge in [0.05, 0.1) is 5.60 Å². The first-order valence-electron chi connectivity index (χ1n) is 6.10. The first kappa shape index (κ1) is 10.3. The Labute approximate surface area is 95.5 Å². The van der Waals surface area contributed by atoms with Gasteiger partial charge in [0, 0.05) is 12.5 Å². The summed E-state index contributed by atoms with van der Waals surface area (Å²) in [6, 6.07) is 0. The Balaban J connectivity index is 1.86. The Hall–Kier alpha value is -0.830. The lowest BCUT2D eigenvalue weighted by Gasteiger charge is -2.59. The average Bonchev–Trinajstić information content (AvgIpc) is 2.12. The van der Waals surface area contributed by atoms with Crippen LogP contribution < -0.4 is 0 Å². The number of hydrogen-bond donors (Lipinski definition) is 1. The fourth-order valence-electron chi connectivity index (χ4n) is 4.51. The first-order valence-corrected chi connectivity index (χ1v) is 6.10. The molecule has 0 spiro atoms. The summed E-state index contributed by atoms with van der Waals surface area (Å²) < 4.78 is 5.55. The minimum atomic E-state index is -0.564. The Morgan fingerprint density at radius 3 is 2.44 bits per heavy atom. The van der Waals surface area contributed by atoms with Crippen molar-refractivity contribution in [3.05, 3.63) is 12.7 Å². The Morgan fingerprint density at radius 2 is 1.94 bits per heavy atom. The van der Waals surface area contributed by atoms with Gasteiger partial charge in [-0.15, -0.1) is 0 Å². The van der Waals surface area contributed by atoms with E-state index < -0.39 is 5.60 Å². The molecule has 1 N–H and O–H groups in total. The van der Waals surface area contributed by atoms with Gasteiger partial charge in [-0.2, -0.15) is 0 Å². The molecule has 4 saturated carbocycles. The summed E-state index contributed by atoms with van der Waals surface area (Å²) in [4.78, 5) is 11.4. The quantitative estimate of drug-likeness (QED) is 0.572. The van der Waals surface area contributed by atoms with Crippen LogP contribution in [0, 0.1) is 11.8 Å². The van der Waals surface area contributed by atoms with Gasteiger partial charge < -0.3 is 9.84 Å². The van der Waals surface area contributed by atoms with E-state index >= 15 is 0 Å². The first-order chi connectivity index (χ1) is 7.53. The monoisotopic (exact) mass is 222 g/mol. The molecule has 16 heavy (non-hydrogen) atoms. The van der Waals surface area contributed by atoms with Crippen LogP contribution in [0.5, 0.6) is 0 Å². The summed E-state index contributed by atoms with van der Waals surface area (Å²) in [5.74, 6) is 0.748. The Morgan fingerprint density at radius 1 is 1.31 bits per heavy atom. The molecule has 2 unspecified atom stereocenters. The van der Waals surface area contributed by atoms with Crippen LogP contribution in [0.2, 0.25) is 0 Å². The van der Waals surface area contributed by atoms with Crippen molar-refractivity contribution >= 4 is 5.97 Å². The minimum absolute atomic E-state index is 0.342. The van der Waals surface area contributed by atoms with E-state index in [0.29, 0.717) is 18.3 Å². The van der Waals surface area contributed by atoms with Crippen molar-refractivity contribution in [1.82, 2.24) is 0 Å². The smallest absolute Gasteiger partial charge is 0.330 e. The van der Waals surface area contributed by atoms with Gasteiger partial charge in [0.15, 0.2) is 0 Å². The maximum atomic E-state index is 11.4. The molecular formula is C13H18O3. The molecule has 4 fully saturated rings. The van der Waals surface area contributed by atoms with Gasteiger partial charge in [0.1, 0.15) is 5.60 Å². The minimum Gasteiger partial charge on any atom is -0.456 e. The number of ether oxygens (including phenoxy) is 1. The van der Waals surface area contributed by atoms with Gasteiger partial charge in [0.25, 0.3) is 0 Å². The molecule has 4 rings (SSSR count). The number of carbonyl (C=O) groups is 1. The van der Waals surface area contributed by atoms with E-state index in [2.05, 4.69) is 6.58 Å². The van der Waals surface area contributed by atoms with Crippen molar-refractivity contribution in [3.8, 4) is 0 Å². The lowest BCUT2D eigenvalue weighted by atomic mass is 9.52. The normalized spacial score (nSPS) is 49.1. The zero-order valence-electron chi connectivity index (χ0n) is 9.45. The van der Waals surface area contributed by atoms with E-state index in [1.807, 2.05) is 0 Å². The molecule has 0 saturated heterocycles. The number of carbonyl (C=O) groups excluding carboxylic acids is 1. The molecule has 3 nitrogen and oxygen atoms in total. The molecule has 4 bridgehead atoms. The summed E-state index contributed by atoms with van der Waals surface area (Å²) in [6.45, 7) is 3.44. The van der Waals surface area contributed by atoms with Gasteiger partial charge in [0.2, 0.25) is 0 Å². The summed E-state index contributed by atoms with van der Waals surface area (Å²) in [5, 5.41) is 10.4. The fourth-order valence-corrected chi connectivity index (χ4v) is 4.51. The Kier molecular flexibility index (Phi) is 2.00. The van der Waals surface area contributed by atoms with E-state index in [1.54, 1.807) is 0 Å². The highest BCUT2D eigenvalue weighted by atomic mass is 16.6. The van der Waals surface area contributed by atoms with Gasteiger partial charge in [-0.25, -0.2) is 4.79 Å². The van der Waals surface area contributed by atoms with Crippen LogP contribution in [0.1, 0.15) is 38.5 Å². The summed E-state index contributed by atoms with van der Waals surface area (Å²) in [7, 11) is 0. The van der Waals surface area contributed by atoms with Crippen LogP contribution in [-0.2, 0) is 9.53 Å². The standard InChI is InChI=1S/C13H18O3/c1-2-11(14)16-13-6-9-3-10(7-13)5-12(15,4-9)8-13/h2,9-10,15H,1,3-8H2. The third-order valence-electron chi connectivity index (χ3n) is 4.46. The molecular weight excluding hydrogens is 204 g/mol. The highest BCUT2D eigenvalue weighted by molar-refractivity contribution is 5.81. The van der Waals surface area contributed by atoms with Gasteiger partial charge in [-0.3, -0.25) is 0 Å². The lowest BCUT2D eigenvalue weighted by Crippen LogP contribution is -2.60. The highest BCUT2D eigenvalue weighted by Gasteiger charge is 2.58. The molecule has 4 aliphatic carbocycles. The molecule has 3 heteroatoms. The molecule has 0 aliphatic heterocycles. The van der Waals surface area contributed by atoms with Crippen LogP contribution in [0.3, 0.4) is 0 Å². The van der Waals surface area contributed by atoms with Crippen molar-refractivity contribution in [1.29, 1.82) is 0 Å². The number of rotatable bonds is 2. The zero-order chi connectivity index (χ0) is 11.4. The largest absolute Gasteiger partial charge is 0.456 e. The summed E-state index contributed by atoms with van der Waals surface area (Å²) in [5.41, 5.74) is -0.949. The lowest BCUT2D eigenvalue weighted by molar-refractivity contribution is -0.216. The van der Waals surface area contributed by atoms with E-state index in [4.69, 9.17) is 4.74 Å². The second-order valence-corrected chi connectivity index (χ2v) is 5.99. The van der Waals surface area contributed by atoms with Crippen molar-refractivity contribution in [2.24, 2.45) is 11.8 Å². The molecule has 0 heterocycles. The van der Waals surface area contributed by atoms with Crippen molar-refractivity contribution in [2.75, 3.05) is 0 Å². The molecule has 0 aromatic heterocycles. The topological polar surface area (TPSA) is 46.5 Å². The predicted octanol–water partition coefficient (Wildman–Crippen LogP) is 1.80. The van der Waals surface area contributed by atoms with E-state index in [-0.39, 0.29) is 11.6 Å². The van der Waals surface area contributed by atoms with E-state index in [1.165, 1.54) is 12.5 Å². The van der Waals surface area contributed by atoms with Crippen molar-refractivity contribution in [3.63, 3.8) is 0 Å². The van der Waals surface area contributed by atoms with Gasteiger partial charge in [-0.1, -0.05) is 6.58 Å². The third kappa shape index (κ3) is 1.49. The van der Waals surface area contributed by atoms with Crippen LogP contribution in [0.15, 0.2) is 12.7 Å². The highest BCUT2D eigenvalue weighted by Crippen LogP contribution is 2.58. The number of aliphatic hydroxyl groups is 1. The van der Waals surface area contributed by atoms with Crippen LogP contribution >= 0.6 is 0 Å².